The number of carbonyl (C=O) groups is 1. The second-order valence-electron chi connectivity index (χ2n) is 8.60. The van der Waals surface area contributed by atoms with Crippen LogP contribution < -0.4 is 10.6 Å². The van der Waals surface area contributed by atoms with Gasteiger partial charge >= 0.3 is 0 Å². The second kappa shape index (κ2) is 6.10. The summed E-state index contributed by atoms with van der Waals surface area (Å²) in [7, 11) is 0. The van der Waals surface area contributed by atoms with E-state index >= 15 is 0 Å². The van der Waals surface area contributed by atoms with E-state index in [1.807, 2.05) is 0 Å². The number of carbonyl (C=O) groups excluding carboxylic acids is 1. The van der Waals surface area contributed by atoms with Gasteiger partial charge < -0.3 is 10.6 Å². The number of hydrogen-bond donors (Lipinski definition) is 1. The summed E-state index contributed by atoms with van der Waals surface area (Å²) in [5.74, 6) is 1.66. The van der Waals surface area contributed by atoms with Crippen molar-refractivity contribution in [3.63, 3.8) is 0 Å². The van der Waals surface area contributed by atoms with E-state index in [0.717, 1.165) is 43.3 Å². The Morgan fingerprint density at radius 3 is 2.09 bits per heavy atom. The molecule has 1 saturated heterocycles. The molecule has 1 fully saturated rings. The molecule has 0 unspecified atom stereocenters. The fraction of sp³-hybridized carbons (Fsp3) is 0.722. The first kappa shape index (κ1) is 17.7. The molecule has 5 heteroatoms. The number of hydrogen-bond acceptors (Lipinski definition) is 4. The second-order valence-corrected chi connectivity index (χ2v) is 8.60. The monoisotopic (exact) mass is 318 g/mol. The number of piperidine rings is 1. The maximum atomic E-state index is 11.3. The SMILES string of the molecule is CC(C)(C)c1cc(N2CCC(C(N)=O)CC2)nc(C(C)(C)C)n1. The van der Waals surface area contributed by atoms with Gasteiger partial charge in [0, 0.05) is 35.9 Å². The van der Waals surface area contributed by atoms with Gasteiger partial charge in [-0.15, -0.1) is 0 Å². The molecule has 0 aliphatic carbocycles. The quantitative estimate of drug-likeness (QED) is 0.910. The third-order valence-electron chi connectivity index (χ3n) is 4.37. The first-order chi connectivity index (χ1) is 10.5. The van der Waals surface area contributed by atoms with E-state index in [0.29, 0.717) is 0 Å². The predicted octanol–water partition coefficient (Wildman–Crippen LogP) is 2.77. The van der Waals surface area contributed by atoms with Gasteiger partial charge in [-0.2, -0.15) is 0 Å². The van der Waals surface area contributed by atoms with Crippen molar-refractivity contribution in [2.45, 2.75) is 65.2 Å². The van der Waals surface area contributed by atoms with Crippen molar-refractivity contribution in [2.75, 3.05) is 18.0 Å². The topological polar surface area (TPSA) is 72.1 Å². The molecule has 0 saturated carbocycles. The molecule has 1 aliphatic heterocycles. The van der Waals surface area contributed by atoms with E-state index in [4.69, 9.17) is 15.7 Å². The molecule has 23 heavy (non-hydrogen) atoms. The summed E-state index contributed by atoms with van der Waals surface area (Å²) in [6.45, 7) is 14.6. The molecule has 2 heterocycles. The minimum Gasteiger partial charge on any atom is -0.369 e. The van der Waals surface area contributed by atoms with Crippen molar-refractivity contribution in [1.82, 2.24) is 9.97 Å². The summed E-state index contributed by atoms with van der Waals surface area (Å²) in [4.78, 5) is 23.2. The molecule has 1 amide bonds. The lowest BCUT2D eigenvalue weighted by Gasteiger charge is -2.33. The molecule has 2 N–H and O–H groups in total. The molecule has 0 aromatic carbocycles. The van der Waals surface area contributed by atoms with Crippen molar-refractivity contribution >= 4 is 11.7 Å². The Kier molecular flexibility index (Phi) is 4.69. The highest BCUT2D eigenvalue weighted by molar-refractivity contribution is 5.77. The van der Waals surface area contributed by atoms with E-state index < -0.39 is 0 Å². The van der Waals surface area contributed by atoms with E-state index in [-0.39, 0.29) is 22.7 Å². The molecule has 0 spiro atoms. The van der Waals surface area contributed by atoms with Gasteiger partial charge in [-0.1, -0.05) is 41.5 Å². The molecular formula is C18H30N4O. The van der Waals surface area contributed by atoms with Crippen molar-refractivity contribution in [1.29, 1.82) is 0 Å². The summed E-state index contributed by atoms with van der Waals surface area (Å²) in [6.07, 6.45) is 1.60. The van der Waals surface area contributed by atoms with Crippen LogP contribution in [-0.2, 0) is 15.6 Å². The van der Waals surface area contributed by atoms with Crippen molar-refractivity contribution in [3.05, 3.63) is 17.6 Å². The smallest absolute Gasteiger partial charge is 0.220 e. The van der Waals surface area contributed by atoms with Crippen LogP contribution in [0.2, 0.25) is 0 Å². The zero-order valence-electron chi connectivity index (χ0n) is 15.3. The highest BCUT2D eigenvalue weighted by Crippen LogP contribution is 2.29. The number of primary amides is 1. The van der Waals surface area contributed by atoms with Crippen molar-refractivity contribution in [3.8, 4) is 0 Å². The summed E-state index contributed by atoms with van der Waals surface area (Å²) in [5.41, 5.74) is 6.37. The molecule has 2 rings (SSSR count). The third-order valence-corrected chi connectivity index (χ3v) is 4.37. The Labute approximate surface area is 139 Å². The summed E-state index contributed by atoms with van der Waals surface area (Å²) >= 11 is 0. The number of rotatable bonds is 2. The zero-order valence-corrected chi connectivity index (χ0v) is 15.3. The number of nitrogens with two attached hydrogens (primary N) is 1. The fourth-order valence-corrected chi connectivity index (χ4v) is 2.71. The minimum atomic E-state index is -0.182. The van der Waals surface area contributed by atoms with Gasteiger partial charge in [0.2, 0.25) is 5.91 Å². The van der Waals surface area contributed by atoms with E-state index in [1.54, 1.807) is 0 Å². The summed E-state index contributed by atoms with van der Waals surface area (Å²) in [6, 6.07) is 2.10. The Morgan fingerprint density at radius 1 is 1.09 bits per heavy atom. The highest BCUT2D eigenvalue weighted by Gasteiger charge is 2.28. The Bertz CT molecular complexity index is 543. The maximum absolute atomic E-state index is 11.3. The average Bonchev–Trinajstić information content (AvgIpc) is 2.45. The van der Waals surface area contributed by atoms with Gasteiger partial charge in [0.25, 0.3) is 0 Å². The number of nitrogens with zero attached hydrogens (tertiary/aromatic N) is 3. The van der Waals surface area contributed by atoms with Gasteiger partial charge in [-0.05, 0) is 12.8 Å². The van der Waals surface area contributed by atoms with Gasteiger partial charge in [0.1, 0.15) is 11.6 Å². The standard InChI is InChI=1S/C18H30N4O/c1-17(2,3)13-11-14(21-16(20-13)18(4,5)6)22-9-7-12(8-10-22)15(19)23/h11-12H,7-10H2,1-6H3,(H2,19,23). The molecule has 1 aliphatic rings. The number of anilines is 1. The highest BCUT2D eigenvalue weighted by atomic mass is 16.1. The van der Waals surface area contributed by atoms with Gasteiger partial charge in [-0.3, -0.25) is 4.79 Å². The van der Waals surface area contributed by atoms with E-state index in [2.05, 4.69) is 52.5 Å². The fourth-order valence-electron chi connectivity index (χ4n) is 2.71. The van der Waals surface area contributed by atoms with Crippen LogP contribution in [0.15, 0.2) is 6.07 Å². The number of amides is 1. The maximum Gasteiger partial charge on any atom is 0.220 e. The normalized spacial score (nSPS) is 17.4. The van der Waals surface area contributed by atoms with Crippen LogP contribution in [0.25, 0.3) is 0 Å². The summed E-state index contributed by atoms with van der Waals surface area (Å²) in [5, 5.41) is 0. The average molecular weight is 318 g/mol. The first-order valence-electron chi connectivity index (χ1n) is 8.43. The van der Waals surface area contributed by atoms with Gasteiger partial charge in [-0.25, -0.2) is 9.97 Å². The van der Waals surface area contributed by atoms with Crippen LogP contribution >= 0.6 is 0 Å². The third kappa shape index (κ3) is 4.21. The van der Waals surface area contributed by atoms with Crippen LogP contribution in [0.4, 0.5) is 5.82 Å². The molecule has 5 nitrogen and oxygen atoms in total. The molecule has 0 radical (unpaired) electrons. The molecule has 1 aromatic rings. The van der Waals surface area contributed by atoms with Gasteiger partial charge in [0.15, 0.2) is 0 Å². The lowest BCUT2D eigenvalue weighted by atomic mass is 9.90. The molecule has 128 valence electrons. The molecular weight excluding hydrogens is 288 g/mol. The van der Waals surface area contributed by atoms with Crippen LogP contribution in [0, 0.1) is 5.92 Å². The predicted molar refractivity (Wildman–Crippen MR) is 93.6 cm³/mol. The zero-order chi connectivity index (χ0) is 17.4. The molecule has 0 bridgehead atoms. The van der Waals surface area contributed by atoms with Crippen LogP contribution in [0.5, 0.6) is 0 Å². The molecule has 1 aromatic heterocycles. The largest absolute Gasteiger partial charge is 0.369 e. The van der Waals surface area contributed by atoms with Crippen LogP contribution in [0.1, 0.15) is 65.9 Å². The lowest BCUT2D eigenvalue weighted by Crippen LogP contribution is -2.39. The Hall–Kier alpha value is -1.65. The van der Waals surface area contributed by atoms with Crippen molar-refractivity contribution < 1.29 is 4.79 Å². The minimum absolute atomic E-state index is 0.00254. The Morgan fingerprint density at radius 2 is 1.65 bits per heavy atom. The summed E-state index contributed by atoms with van der Waals surface area (Å²) < 4.78 is 0. The lowest BCUT2D eigenvalue weighted by molar-refractivity contribution is -0.122. The van der Waals surface area contributed by atoms with E-state index in [1.165, 1.54) is 0 Å². The van der Waals surface area contributed by atoms with Crippen LogP contribution in [-0.4, -0.2) is 29.0 Å². The van der Waals surface area contributed by atoms with E-state index in [9.17, 15) is 4.79 Å². The van der Waals surface area contributed by atoms with Crippen LogP contribution in [0.3, 0.4) is 0 Å². The number of aromatic nitrogens is 2. The Balaban J connectivity index is 2.33. The van der Waals surface area contributed by atoms with Gasteiger partial charge in [0.05, 0.1) is 5.69 Å². The van der Waals surface area contributed by atoms with Crippen molar-refractivity contribution in [2.24, 2.45) is 11.7 Å². The molecule has 0 atom stereocenters. The first-order valence-corrected chi connectivity index (χ1v) is 8.43.